The lowest BCUT2D eigenvalue weighted by atomic mass is 10.2. The molecule has 7 heteroatoms. The molecule has 3 rings (SSSR count). The molecule has 0 spiro atoms. The van der Waals surface area contributed by atoms with E-state index in [4.69, 9.17) is 14.2 Å². The summed E-state index contributed by atoms with van der Waals surface area (Å²) in [4.78, 5) is 0.288. The summed E-state index contributed by atoms with van der Waals surface area (Å²) >= 11 is 0. The SMILES string of the molecule is Cc1ccc(S(=O)(=O)NCCOc2ccc3c(c2)OCO3)c(C)c1. The zero-order valence-electron chi connectivity index (χ0n) is 13.5. The van der Waals surface area contributed by atoms with Gasteiger partial charge in [-0.1, -0.05) is 17.7 Å². The van der Waals surface area contributed by atoms with Gasteiger partial charge in [0.2, 0.25) is 16.8 Å². The fourth-order valence-corrected chi connectivity index (χ4v) is 3.73. The highest BCUT2D eigenvalue weighted by molar-refractivity contribution is 7.89. The molecule has 1 aliphatic heterocycles. The molecule has 0 aromatic heterocycles. The maximum Gasteiger partial charge on any atom is 0.240 e. The summed E-state index contributed by atoms with van der Waals surface area (Å²) in [7, 11) is -3.55. The van der Waals surface area contributed by atoms with E-state index >= 15 is 0 Å². The second kappa shape index (κ2) is 6.70. The van der Waals surface area contributed by atoms with Crippen molar-refractivity contribution in [2.75, 3.05) is 19.9 Å². The van der Waals surface area contributed by atoms with Gasteiger partial charge in [-0.05, 0) is 37.6 Å². The van der Waals surface area contributed by atoms with Gasteiger partial charge in [-0.3, -0.25) is 0 Å². The number of aryl methyl sites for hydroxylation is 2. The van der Waals surface area contributed by atoms with Crippen LogP contribution in [0.15, 0.2) is 41.3 Å². The molecule has 0 bridgehead atoms. The molecule has 1 aliphatic rings. The molecule has 1 N–H and O–H groups in total. The predicted molar refractivity (Wildman–Crippen MR) is 89.2 cm³/mol. The highest BCUT2D eigenvalue weighted by atomic mass is 32.2. The molecule has 0 amide bonds. The van der Waals surface area contributed by atoms with E-state index in [1.54, 1.807) is 37.3 Å². The van der Waals surface area contributed by atoms with Crippen LogP contribution in [-0.2, 0) is 10.0 Å². The highest BCUT2D eigenvalue weighted by Crippen LogP contribution is 2.34. The first-order valence-corrected chi connectivity index (χ1v) is 9.03. The van der Waals surface area contributed by atoms with Crippen molar-refractivity contribution in [1.29, 1.82) is 0 Å². The van der Waals surface area contributed by atoms with E-state index in [1.165, 1.54) is 0 Å². The average Bonchev–Trinajstić information content (AvgIpc) is 2.99. The number of hydrogen-bond donors (Lipinski definition) is 1. The topological polar surface area (TPSA) is 73.9 Å². The Morgan fingerprint density at radius 1 is 1.08 bits per heavy atom. The molecule has 0 radical (unpaired) electrons. The number of nitrogens with one attached hydrogen (secondary N) is 1. The van der Waals surface area contributed by atoms with Gasteiger partial charge in [-0.2, -0.15) is 0 Å². The fourth-order valence-electron chi connectivity index (χ4n) is 2.49. The van der Waals surface area contributed by atoms with Gasteiger partial charge >= 0.3 is 0 Å². The zero-order chi connectivity index (χ0) is 17.2. The Bertz CT molecular complexity index is 848. The normalized spacial score (nSPS) is 13.1. The first-order chi connectivity index (χ1) is 11.5. The monoisotopic (exact) mass is 349 g/mol. The van der Waals surface area contributed by atoms with Crippen LogP contribution in [0.2, 0.25) is 0 Å². The standard InChI is InChI=1S/C17H19NO5S/c1-12-3-6-17(13(2)9-12)24(19,20)18-7-8-21-14-4-5-15-16(10-14)23-11-22-15/h3-6,9-10,18H,7-8,11H2,1-2H3. The minimum absolute atomic E-state index is 0.171. The fraction of sp³-hybridized carbons (Fsp3) is 0.294. The van der Waals surface area contributed by atoms with Gasteiger partial charge in [0, 0.05) is 12.6 Å². The van der Waals surface area contributed by atoms with E-state index in [0.717, 1.165) is 11.1 Å². The van der Waals surface area contributed by atoms with Crippen LogP contribution >= 0.6 is 0 Å². The van der Waals surface area contributed by atoms with Gasteiger partial charge in [0.15, 0.2) is 11.5 Å². The van der Waals surface area contributed by atoms with Crippen LogP contribution in [0.5, 0.6) is 17.2 Å². The van der Waals surface area contributed by atoms with Crippen LogP contribution in [0.25, 0.3) is 0 Å². The molecule has 6 nitrogen and oxygen atoms in total. The van der Waals surface area contributed by atoms with Crippen molar-refractivity contribution in [3.63, 3.8) is 0 Å². The summed E-state index contributed by atoms with van der Waals surface area (Å²) in [6.07, 6.45) is 0. The summed E-state index contributed by atoms with van der Waals surface area (Å²) in [5.41, 5.74) is 1.75. The zero-order valence-corrected chi connectivity index (χ0v) is 14.4. The molecule has 0 atom stereocenters. The molecule has 2 aromatic carbocycles. The molecular weight excluding hydrogens is 330 g/mol. The van der Waals surface area contributed by atoms with Gasteiger partial charge < -0.3 is 14.2 Å². The summed E-state index contributed by atoms with van der Waals surface area (Å²) in [6.45, 7) is 4.29. The quantitative estimate of drug-likeness (QED) is 0.811. The van der Waals surface area contributed by atoms with Gasteiger partial charge in [0.1, 0.15) is 12.4 Å². The van der Waals surface area contributed by atoms with Crippen molar-refractivity contribution >= 4 is 10.0 Å². The molecule has 128 valence electrons. The lowest BCUT2D eigenvalue weighted by Gasteiger charge is -2.11. The second-order valence-corrected chi connectivity index (χ2v) is 7.27. The molecule has 2 aromatic rings. The Balaban J connectivity index is 1.56. The van der Waals surface area contributed by atoms with Crippen molar-refractivity contribution in [1.82, 2.24) is 4.72 Å². The van der Waals surface area contributed by atoms with Gasteiger partial charge in [-0.15, -0.1) is 0 Å². The Morgan fingerprint density at radius 3 is 2.67 bits per heavy atom. The summed E-state index contributed by atoms with van der Waals surface area (Å²) in [6, 6.07) is 10.5. The molecule has 0 saturated carbocycles. The molecule has 0 unspecified atom stereocenters. The Hall–Kier alpha value is -2.25. The predicted octanol–water partition coefficient (Wildman–Crippen LogP) is 2.39. The Morgan fingerprint density at radius 2 is 1.88 bits per heavy atom. The third kappa shape index (κ3) is 3.63. The lowest BCUT2D eigenvalue weighted by molar-refractivity contribution is 0.173. The van der Waals surface area contributed by atoms with Crippen LogP contribution in [0, 0.1) is 13.8 Å². The number of hydrogen-bond acceptors (Lipinski definition) is 5. The molecule has 0 saturated heterocycles. The van der Waals surface area contributed by atoms with E-state index in [9.17, 15) is 8.42 Å². The Labute approximate surface area is 141 Å². The van der Waals surface area contributed by atoms with E-state index in [2.05, 4.69) is 4.72 Å². The van der Waals surface area contributed by atoms with Crippen molar-refractivity contribution < 1.29 is 22.6 Å². The van der Waals surface area contributed by atoms with Crippen molar-refractivity contribution in [2.45, 2.75) is 18.7 Å². The van der Waals surface area contributed by atoms with E-state index < -0.39 is 10.0 Å². The number of fused-ring (bicyclic) bond motifs is 1. The van der Waals surface area contributed by atoms with Crippen LogP contribution in [0.4, 0.5) is 0 Å². The lowest BCUT2D eigenvalue weighted by Crippen LogP contribution is -2.28. The number of ether oxygens (including phenoxy) is 3. The van der Waals surface area contributed by atoms with E-state index in [1.807, 2.05) is 13.0 Å². The minimum Gasteiger partial charge on any atom is -0.492 e. The van der Waals surface area contributed by atoms with Gasteiger partial charge in [0.25, 0.3) is 0 Å². The van der Waals surface area contributed by atoms with Crippen LogP contribution in [0.3, 0.4) is 0 Å². The van der Waals surface area contributed by atoms with Crippen molar-refractivity contribution in [3.8, 4) is 17.2 Å². The third-order valence-corrected chi connectivity index (χ3v) is 5.25. The Kier molecular flexibility index (Phi) is 4.64. The number of sulfonamides is 1. The van der Waals surface area contributed by atoms with Crippen LogP contribution in [0.1, 0.15) is 11.1 Å². The maximum atomic E-state index is 12.3. The molecule has 0 fully saturated rings. The summed E-state index contributed by atoms with van der Waals surface area (Å²) in [5, 5.41) is 0. The summed E-state index contributed by atoms with van der Waals surface area (Å²) < 4.78 is 43.2. The maximum absolute atomic E-state index is 12.3. The van der Waals surface area contributed by atoms with E-state index in [-0.39, 0.29) is 24.8 Å². The first kappa shape index (κ1) is 16.6. The van der Waals surface area contributed by atoms with Crippen LogP contribution < -0.4 is 18.9 Å². The molecule has 0 aliphatic carbocycles. The third-order valence-electron chi connectivity index (χ3n) is 3.63. The summed E-state index contributed by atoms with van der Waals surface area (Å²) in [5.74, 6) is 1.91. The number of rotatable bonds is 6. The largest absolute Gasteiger partial charge is 0.492 e. The van der Waals surface area contributed by atoms with Gasteiger partial charge in [0.05, 0.1) is 4.90 Å². The van der Waals surface area contributed by atoms with Crippen molar-refractivity contribution in [3.05, 3.63) is 47.5 Å². The molecular formula is C17H19NO5S. The van der Waals surface area contributed by atoms with Crippen LogP contribution in [-0.4, -0.2) is 28.4 Å². The smallest absolute Gasteiger partial charge is 0.240 e. The highest BCUT2D eigenvalue weighted by Gasteiger charge is 2.16. The second-order valence-electron chi connectivity index (χ2n) is 5.53. The number of benzene rings is 2. The first-order valence-electron chi connectivity index (χ1n) is 7.55. The molecule has 1 heterocycles. The average molecular weight is 349 g/mol. The van der Waals surface area contributed by atoms with Crippen molar-refractivity contribution in [2.24, 2.45) is 0 Å². The molecule has 24 heavy (non-hydrogen) atoms. The van der Waals surface area contributed by atoms with E-state index in [0.29, 0.717) is 17.2 Å². The minimum atomic E-state index is -3.55. The van der Waals surface area contributed by atoms with Gasteiger partial charge in [-0.25, -0.2) is 13.1 Å².